The van der Waals surface area contributed by atoms with Crippen LogP contribution in [0.5, 0.6) is 0 Å². The van der Waals surface area contributed by atoms with Crippen molar-refractivity contribution in [1.82, 2.24) is 20.2 Å². The molecule has 0 radical (unpaired) electrons. The van der Waals surface area contributed by atoms with Crippen LogP contribution in [0, 0.1) is 4.77 Å². The largest absolute Gasteiger partial charge is 0.379 e. The molecule has 1 aromatic rings. The molecule has 1 aliphatic rings. The van der Waals surface area contributed by atoms with Crippen molar-refractivity contribution >= 4 is 12.2 Å². The zero-order valence-corrected chi connectivity index (χ0v) is 7.60. The number of aromatic nitrogens is 4. The zero-order valence-electron chi connectivity index (χ0n) is 6.78. The minimum atomic E-state index is -0.0828. The lowest BCUT2D eigenvalue weighted by molar-refractivity contribution is 0.154. The van der Waals surface area contributed by atoms with E-state index in [9.17, 15) is 0 Å². The first-order chi connectivity index (χ1) is 5.72. The number of nitrogens with one attached hydrogen (secondary N) is 1. The van der Waals surface area contributed by atoms with Crippen molar-refractivity contribution in [3.63, 3.8) is 0 Å². The van der Waals surface area contributed by atoms with E-state index in [-0.39, 0.29) is 5.54 Å². The van der Waals surface area contributed by atoms with Gasteiger partial charge in [-0.2, -0.15) is 5.21 Å². The molecule has 0 spiro atoms. The van der Waals surface area contributed by atoms with Crippen LogP contribution in [-0.2, 0) is 10.3 Å². The van der Waals surface area contributed by atoms with Gasteiger partial charge in [-0.3, -0.25) is 0 Å². The van der Waals surface area contributed by atoms with Gasteiger partial charge in [0.1, 0.15) is 0 Å². The van der Waals surface area contributed by atoms with E-state index in [1.165, 1.54) is 0 Å². The van der Waals surface area contributed by atoms with Crippen LogP contribution in [0.3, 0.4) is 0 Å². The molecule has 0 aromatic carbocycles. The number of aromatic amines is 1. The summed E-state index contributed by atoms with van der Waals surface area (Å²) in [5.41, 5.74) is -0.0828. The molecule has 2 rings (SSSR count). The summed E-state index contributed by atoms with van der Waals surface area (Å²) in [6.45, 7) is 3.53. The Morgan fingerprint density at radius 2 is 2.58 bits per heavy atom. The molecule has 6 heteroatoms. The molecule has 2 heterocycles. The number of hydrogen-bond donors (Lipinski definition) is 1. The lowest BCUT2D eigenvalue weighted by Gasteiger charge is -2.21. The maximum absolute atomic E-state index is 5.30. The van der Waals surface area contributed by atoms with Gasteiger partial charge in [0.2, 0.25) is 4.77 Å². The van der Waals surface area contributed by atoms with Gasteiger partial charge in [0.05, 0.1) is 12.1 Å². The second-order valence-electron chi connectivity index (χ2n) is 3.22. The van der Waals surface area contributed by atoms with Crippen molar-refractivity contribution in [2.75, 3.05) is 13.2 Å². The van der Waals surface area contributed by atoms with Crippen LogP contribution in [-0.4, -0.2) is 33.4 Å². The number of rotatable bonds is 1. The highest BCUT2D eigenvalue weighted by Crippen LogP contribution is 2.25. The van der Waals surface area contributed by atoms with Crippen molar-refractivity contribution in [1.29, 1.82) is 0 Å². The molecule has 0 aliphatic carbocycles. The molecule has 1 unspecified atom stereocenters. The zero-order chi connectivity index (χ0) is 8.60. The summed E-state index contributed by atoms with van der Waals surface area (Å²) in [4.78, 5) is 0. The molecule has 1 fully saturated rings. The minimum Gasteiger partial charge on any atom is -0.379 e. The Morgan fingerprint density at radius 3 is 3.08 bits per heavy atom. The van der Waals surface area contributed by atoms with Crippen LogP contribution in [0.25, 0.3) is 0 Å². The molecule has 0 amide bonds. The summed E-state index contributed by atoms with van der Waals surface area (Å²) in [6.07, 6.45) is 0.950. The van der Waals surface area contributed by atoms with E-state index in [0.717, 1.165) is 13.0 Å². The van der Waals surface area contributed by atoms with Gasteiger partial charge in [0, 0.05) is 6.61 Å². The number of ether oxygens (including phenoxy) is 1. The van der Waals surface area contributed by atoms with Crippen molar-refractivity contribution < 1.29 is 4.74 Å². The van der Waals surface area contributed by atoms with Crippen molar-refractivity contribution in [2.45, 2.75) is 18.9 Å². The Balaban J connectivity index is 2.41. The molecular weight excluding hydrogens is 176 g/mol. The van der Waals surface area contributed by atoms with Gasteiger partial charge < -0.3 is 4.74 Å². The highest BCUT2D eigenvalue weighted by molar-refractivity contribution is 7.71. The van der Waals surface area contributed by atoms with E-state index >= 15 is 0 Å². The predicted molar refractivity (Wildman–Crippen MR) is 44.3 cm³/mol. The normalized spacial score (nSPS) is 29.4. The maximum Gasteiger partial charge on any atom is 0.238 e. The second kappa shape index (κ2) is 2.63. The Kier molecular flexibility index (Phi) is 1.73. The van der Waals surface area contributed by atoms with Crippen LogP contribution < -0.4 is 0 Å². The van der Waals surface area contributed by atoms with Gasteiger partial charge in [-0.15, -0.1) is 0 Å². The lowest BCUT2D eigenvalue weighted by Crippen LogP contribution is -2.31. The second-order valence-corrected chi connectivity index (χ2v) is 3.58. The summed E-state index contributed by atoms with van der Waals surface area (Å²) in [6, 6.07) is 0. The molecule has 5 nitrogen and oxygen atoms in total. The van der Waals surface area contributed by atoms with Crippen molar-refractivity contribution in [3.8, 4) is 0 Å². The van der Waals surface area contributed by atoms with E-state index in [1.807, 2.05) is 0 Å². The first-order valence-corrected chi connectivity index (χ1v) is 4.21. The Morgan fingerprint density at radius 1 is 1.75 bits per heavy atom. The molecule has 66 valence electrons. The standard InChI is InChI=1S/C6H10N4OS/c1-6(2-3-11-4-6)10-5(12)7-8-9-10/h2-4H2,1H3,(H,7,9,12). The summed E-state index contributed by atoms with van der Waals surface area (Å²) in [7, 11) is 0. The van der Waals surface area contributed by atoms with Gasteiger partial charge in [0.25, 0.3) is 0 Å². The SMILES string of the molecule is CC1(n2[nH]nnc2=S)CCOC1. The van der Waals surface area contributed by atoms with E-state index < -0.39 is 0 Å². The summed E-state index contributed by atoms with van der Waals surface area (Å²) in [5.74, 6) is 0. The molecule has 1 atom stereocenters. The van der Waals surface area contributed by atoms with Gasteiger partial charge in [-0.05, 0) is 25.6 Å². The average Bonchev–Trinajstić information content (AvgIpc) is 2.59. The number of hydrogen-bond acceptors (Lipinski definition) is 4. The van der Waals surface area contributed by atoms with E-state index in [0.29, 0.717) is 11.4 Å². The lowest BCUT2D eigenvalue weighted by atomic mass is 10.0. The van der Waals surface area contributed by atoms with E-state index in [4.69, 9.17) is 17.0 Å². The van der Waals surface area contributed by atoms with Crippen LogP contribution in [0.2, 0.25) is 0 Å². The monoisotopic (exact) mass is 186 g/mol. The molecule has 1 N–H and O–H groups in total. The molecule has 1 saturated heterocycles. The third-order valence-corrected chi connectivity index (χ3v) is 2.47. The maximum atomic E-state index is 5.30. The quantitative estimate of drug-likeness (QED) is 0.648. The number of tetrazole rings is 1. The Hall–Kier alpha value is -0.750. The topological polar surface area (TPSA) is 55.7 Å². The third-order valence-electron chi connectivity index (χ3n) is 2.21. The van der Waals surface area contributed by atoms with E-state index in [1.54, 1.807) is 4.68 Å². The molecule has 1 aliphatic heterocycles. The predicted octanol–water partition coefficient (Wildman–Crippen LogP) is 0.471. The fourth-order valence-electron chi connectivity index (χ4n) is 1.38. The first-order valence-electron chi connectivity index (χ1n) is 3.81. The van der Waals surface area contributed by atoms with Crippen LogP contribution in [0.4, 0.5) is 0 Å². The third kappa shape index (κ3) is 1.07. The fourth-order valence-corrected chi connectivity index (χ4v) is 1.68. The Bertz CT molecular complexity index is 324. The molecule has 0 saturated carbocycles. The number of nitrogens with zero attached hydrogens (tertiary/aromatic N) is 3. The summed E-state index contributed by atoms with van der Waals surface area (Å²) in [5, 5.41) is 10.1. The van der Waals surface area contributed by atoms with Gasteiger partial charge >= 0.3 is 0 Å². The highest BCUT2D eigenvalue weighted by Gasteiger charge is 2.33. The summed E-state index contributed by atoms with van der Waals surface area (Å²) < 4.78 is 7.57. The van der Waals surface area contributed by atoms with Gasteiger partial charge in [-0.25, -0.2) is 4.68 Å². The molecular formula is C6H10N4OS. The Labute approximate surface area is 74.7 Å². The van der Waals surface area contributed by atoms with Crippen LogP contribution in [0.15, 0.2) is 0 Å². The molecule has 1 aromatic heterocycles. The minimum absolute atomic E-state index is 0.0828. The molecule has 0 bridgehead atoms. The van der Waals surface area contributed by atoms with Crippen LogP contribution >= 0.6 is 12.2 Å². The van der Waals surface area contributed by atoms with Gasteiger partial charge in [-0.1, -0.05) is 10.3 Å². The van der Waals surface area contributed by atoms with Crippen LogP contribution in [0.1, 0.15) is 13.3 Å². The van der Waals surface area contributed by atoms with Crippen molar-refractivity contribution in [3.05, 3.63) is 4.77 Å². The smallest absolute Gasteiger partial charge is 0.238 e. The van der Waals surface area contributed by atoms with Crippen molar-refractivity contribution in [2.24, 2.45) is 0 Å². The average molecular weight is 186 g/mol. The van der Waals surface area contributed by atoms with Gasteiger partial charge in [0.15, 0.2) is 0 Å². The van der Waals surface area contributed by atoms with E-state index in [2.05, 4.69) is 22.4 Å². The number of H-pyrrole nitrogens is 1. The first kappa shape index (κ1) is 7.88. The summed E-state index contributed by atoms with van der Waals surface area (Å²) >= 11 is 5.00. The fraction of sp³-hybridized carbons (Fsp3) is 0.833. The molecule has 12 heavy (non-hydrogen) atoms. The highest BCUT2D eigenvalue weighted by atomic mass is 32.1.